The Balaban J connectivity index is 1.05. The summed E-state index contributed by atoms with van der Waals surface area (Å²) in [6.45, 7) is 2.73. The van der Waals surface area contributed by atoms with Gasteiger partial charge in [0.1, 0.15) is 11.4 Å². The highest BCUT2D eigenvalue weighted by Crippen LogP contribution is 2.35. The molecule has 13 heteroatoms. The molecule has 236 valence electrons. The average Bonchev–Trinajstić information content (AvgIpc) is 3.27. The summed E-state index contributed by atoms with van der Waals surface area (Å²) in [5, 5.41) is 2.78. The number of carbonyl (C=O) groups is 2. The van der Waals surface area contributed by atoms with Gasteiger partial charge in [0.25, 0.3) is 0 Å². The van der Waals surface area contributed by atoms with E-state index < -0.39 is 35.7 Å². The van der Waals surface area contributed by atoms with E-state index in [1.807, 2.05) is 12.2 Å². The molecule has 1 spiro atoms. The van der Waals surface area contributed by atoms with Crippen LogP contribution in [-0.4, -0.2) is 59.9 Å². The molecule has 0 radical (unpaired) electrons. The van der Waals surface area contributed by atoms with Crippen molar-refractivity contribution in [3.8, 4) is 5.75 Å². The molecule has 1 unspecified atom stereocenters. The molecule has 2 heterocycles. The maximum atomic E-state index is 12.8. The summed E-state index contributed by atoms with van der Waals surface area (Å²) in [4.78, 5) is 29.1. The average molecular weight is 624 g/mol. The van der Waals surface area contributed by atoms with Crippen molar-refractivity contribution in [3.63, 3.8) is 0 Å². The third-order valence-electron chi connectivity index (χ3n) is 8.01. The lowest BCUT2D eigenvalue weighted by Gasteiger charge is -2.37. The quantitative estimate of drug-likeness (QED) is 0.354. The Morgan fingerprint density at radius 2 is 1.61 bits per heavy atom. The maximum absolute atomic E-state index is 12.8. The van der Waals surface area contributed by atoms with Gasteiger partial charge in [-0.05, 0) is 47.4 Å². The normalized spacial score (nSPS) is 20.4. The van der Waals surface area contributed by atoms with Crippen LogP contribution in [0.1, 0.15) is 36.0 Å². The van der Waals surface area contributed by atoms with Crippen LogP contribution in [-0.2, 0) is 28.8 Å². The molecule has 3 aliphatic rings. The molecule has 1 N–H and O–H groups in total. The molecule has 1 aliphatic carbocycles. The van der Waals surface area contributed by atoms with Crippen LogP contribution in [0.4, 0.5) is 31.1 Å². The van der Waals surface area contributed by atoms with Gasteiger partial charge >= 0.3 is 18.6 Å². The molecular formula is C31H31F6N3O4. The molecule has 2 aromatic rings. The molecule has 7 nitrogen and oxygen atoms in total. The topological polar surface area (TPSA) is 71.1 Å². The second-order valence-corrected chi connectivity index (χ2v) is 11.3. The third kappa shape index (κ3) is 8.13. The summed E-state index contributed by atoms with van der Waals surface area (Å²) < 4.78 is 85.1. The van der Waals surface area contributed by atoms with Crippen LogP contribution in [0.3, 0.4) is 0 Å². The Morgan fingerprint density at radius 3 is 2.20 bits per heavy atom. The van der Waals surface area contributed by atoms with E-state index in [0.717, 1.165) is 23.3 Å². The summed E-state index contributed by atoms with van der Waals surface area (Å²) in [6.07, 6.45) is -2.40. The molecule has 5 rings (SSSR count). The number of alkyl halides is 6. The SMILES string of the molecule is O=C(NCc1ccc(OC(F)(F)F)cc1)C1C=CC(CN2CC3(CCN(Cc4ccc(C(F)(F)F)cc4)CC3)OC2=O)=CC1. The minimum Gasteiger partial charge on any atom is -0.441 e. The Bertz CT molecular complexity index is 1400. The van der Waals surface area contributed by atoms with Crippen molar-refractivity contribution in [2.24, 2.45) is 5.92 Å². The molecule has 2 fully saturated rings. The number of rotatable bonds is 8. The summed E-state index contributed by atoms with van der Waals surface area (Å²) in [7, 11) is 0. The van der Waals surface area contributed by atoms with Crippen LogP contribution in [0.2, 0.25) is 0 Å². The monoisotopic (exact) mass is 623 g/mol. The lowest BCUT2D eigenvalue weighted by atomic mass is 9.90. The molecule has 2 saturated heterocycles. The standard InChI is InChI=1S/C31H31F6N3O4/c32-30(33,34)25-9-3-22(4-10-25)18-39-15-13-29(14-16-39)20-40(28(42)44-29)19-23-1-7-24(8-2-23)27(41)38-17-21-5-11-26(12-6-21)43-31(35,36)37/h1-7,9-12,24H,8,13-20H2,(H,38,41). The number of benzene rings is 2. The van der Waals surface area contributed by atoms with Crippen molar-refractivity contribution < 1.29 is 45.4 Å². The second-order valence-electron chi connectivity index (χ2n) is 11.3. The van der Waals surface area contributed by atoms with Gasteiger partial charge in [0.2, 0.25) is 5.91 Å². The number of carbonyl (C=O) groups excluding carboxylic acids is 2. The molecule has 0 aromatic heterocycles. The zero-order chi connectivity index (χ0) is 31.5. The Labute approximate surface area is 250 Å². The van der Waals surface area contributed by atoms with E-state index >= 15 is 0 Å². The van der Waals surface area contributed by atoms with Crippen molar-refractivity contribution in [2.75, 3.05) is 26.2 Å². The number of amides is 2. The summed E-state index contributed by atoms with van der Waals surface area (Å²) in [5.41, 5.74) is 1.00. The van der Waals surface area contributed by atoms with E-state index in [-0.39, 0.29) is 18.2 Å². The minimum absolute atomic E-state index is 0.148. The molecule has 2 amide bonds. The summed E-state index contributed by atoms with van der Waals surface area (Å²) in [5.74, 6) is -0.984. The lowest BCUT2D eigenvalue weighted by Crippen LogP contribution is -2.46. The van der Waals surface area contributed by atoms with Crippen molar-refractivity contribution in [3.05, 3.63) is 89.0 Å². The predicted octanol–water partition coefficient (Wildman–Crippen LogP) is 6.21. The van der Waals surface area contributed by atoms with E-state index in [1.54, 1.807) is 11.0 Å². The molecule has 44 heavy (non-hydrogen) atoms. The molecular weight excluding hydrogens is 592 g/mol. The zero-order valence-corrected chi connectivity index (χ0v) is 23.6. The van der Waals surface area contributed by atoms with Crippen LogP contribution in [0.15, 0.2) is 72.3 Å². The van der Waals surface area contributed by atoms with Gasteiger partial charge in [0.05, 0.1) is 18.0 Å². The van der Waals surface area contributed by atoms with Gasteiger partial charge in [-0.1, -0.05) is 42.5 Å². The molecule has 2 aromatic carbocycles. The van der Waals surface area contributed by atoms with E-state index in [1.165, 1.54) is 36.4 Å². The Hall–Kier alpha value is -4.00. The van der Waals surface area contributed by atoms with Crippen molar-refractivity contribution in [1.82, 2.24) is 15.1 Å². The third-order valence-corrected chi connectivity index (χ3v) is 8.01. The number of ether oxygens (including phenoxy) is 2. The Morgan fingerprint density at radius 1 is 0.955 bits per heavy atom. The van der Waals surface area contributed by atoms with Gasteiger partial charge in [-0.2, -0.15) is 13.2 Å². The Kier molecular flexibility index (Phi) is 8.96. The first-order chi connectivity index (χ1) is 20.8. The zero-order valence-electron chi connectivity index (χ0n) is 23.6. The first-order valence-corrected chi connectivity index (χ1v) is 14.1. The molecule has 1 atom stereocenters. The van der Waals surface area contributed by atoms with Crippen LogP contribution in [0.25, 0.3) is 0 Å². The van der Waals surface area contributed by atoms with Crippen LogP contribution >= 0.6 is 0 Å². The van der Waals surface area contributed by atoms with E-state index in [0.29, 0.717) is 57.5 Å². The van der Waals surface area contributed by atoms with Gasteiger partial charge in [-0.15, -0.1) is 13.2 Å². The number of halogens is 6. The molecule has 0 bridgehead atoms. The molecule has 0 saturated carbocycles. The van der Waals surface area contributed by atoms with E-state index in [4.69, 9.17) is 4.74 Å². The largest absolute Gasteiger partial charge is 0.573 e. The van der Waals surface area contributed by atoms with Crippen molar-refractivity contribution in [1.29, 1.82) is 0 Å². The number of piperidine rings is 1. The first kappa shape index (κ1) is 31.4. The smallest absolute Gasteiger partial charge is 0.441 e. The lowest BCUT2D eigenvalue weighted by molar-refractivity contribution is -0.274. The number of allylic oxidation sites excluding steroid dienone is 1. The highest BCUT2D eigenvalue weighted by atomic mass is 19.4. The van der Waals surface area contributed by atoms with Crippen LogP contribution < -0.4 is 10.1 Å². The minimum atomic E-state index is -4.77. The highest BCUT2D eigenvalue weighted by Gasteiger charge is 2.47. The summed E-state index contributed by atoms with van der Waals surface area (Å²) in [6, 6.07) is 10.4. The van der Waals surface area contributed by atoms with Gasteiger partial charge in [0, 0.05) is 45.6 Å². The van der Waals surface area contributed by atoms with Crippen molar-refractivity contribution >= 4 is 12.0 Å². The first-order valence-electron chi connectivity index (χ1n) is 14.1. The van der Waals surface area contributed by atoms with Crippen LogP contribution in [0, 0.1) is 5.92 Å². The van der Waals surface area contributed by atoms with Crippen LogP contribution in [0.5, 0.6) is 5.75 Å². The highest BCUT2D eigenvalue weighted by molar-refractivity contribution is 5.81. The fraction of sp³-hybridized carbons (Fsp3) is 0.419. The number of likely N-dealkylation sites (tertiary alicyclic amines) is 1. The fourth-order valence-corrected chi connectivity index (χ4v) is 5.58. The summed E-state index contributed by atoms with van der Waals surface area (Å²) >= 11 is 0. The number of hydrogen-bond acceptors (Lipinski definition) is 5. The van der Waals surface area contributed by atoms with Gasteiger partial charge < -0.3 is 14.8 Å². The molecule has 2 aliphatic heterocycles. The second kappa shape index (κ2) is 12.5. The van der Waals surface area contributed by atoms with Gasteiger partial charge in [-0.25, -0.2) is 4.79 Å². The number of nitrogens with zero attached hydrogens (tertiary/aromatic N) is 2. The van der Waals surface area contributed by atoms with Gasteiger partial charge in [0.15, 0.2) is 0 Å². The predicted molar refractivity (Wildman–Crippen MR) is 147 cm³/mol. The van der Waals surface area contributed by atoms with E-state index in [2.05, 4.69) is 15.0 Å². The van der Waals surface area contributed by atoms with E-state index in [9.17, 15) is 35.9 Å². The van der Waals surface area contributed by atoms with Crippen molar-refractivity contribution in [2.45, 2.75) is 50.5 Å². The maximum Gasteiger partial charge on any atom is 0.573 e. The number of nitrogens with one attached hydrogen (secondary N) is 1. The fourth-order valence-electron chi connectivity index (χ4n) is 5.58. The van der Waals surface area contributed by atoms with Gasteiger partial charge in [-0.3, -0.25) is 14.6 Å². The number of hydrogen-bond donors (Lipinski definition) is 1.